The molecule has 0 amide bonds. The molecule has 0 bridgehead atoms. The Morgan fingerprint density at radius 1 is 1.41 bits per heavy atom. The van der Waals surface area contributed by atoms with Crippen LogP contribution >= 0.6 is 11.3 Å². The zero-order valence-electron chi connectivity index (χ0n) is 10.3. The molecule has 0 spiro atoms. The van der Waals surface area contributed by atoms with Crippen molar-refractivity contribution in [2.24, 2.45) is 0 Å². The Balaban J connectivity index is 2.07. The molecule has 2 rings (SSSR count). The lowest BCUT2D eigenvalue weighted by molar-refractivity contribution is 0.661. The molecule has 4 nitrogen and oxygen atoms in total. The van der Waals surface area contributed by atoms with Crippen LogP contribution in [0.4, 0.5) is 0 Å². The zero-order chi connectivity index (χ0) is 12.1. The molecule has 0 unspecified atom stereocenters. The molecule has 2 aromatic heterocycles. The van der Waals surface area contributed by atoms with Gasteiger partial charge in [0, 0.05) is 24.7 Å². The first-order chi connectivity index (χ1) is 8.35. The van der Waals surface area contributed by atoms with E-state index in [-0.39, 0.29) is 0 Å². The maximum atomic E-state index is 4.63. The molecule has 2 aromatic rings. The Hall–Kier alpha value is -1.20. The number of thiazole rings is 1. The third kappa shape index (κ3) is 2.92. The lowest BCUT2D eigenvalue weighted by Crippen LogP contribution is -2.13. The highest BCUT2D eigenvalue weighted by molar-refractivity contribution is 7.13. The van der Waals surface area contributed by atoms with Gasteiger partial charge in [-0.3, -0.25) is 4.68 Å². The van der Waals surface area contributed by atoms with Gasteiger partial charge in [-0.1, -0.05) is 6.92 Å². The second-order valence-electron chi connectivity index (χ2n) is 3.85. The molecule has 0 saturated heterocycles. The van der Waals surface area contributed by atoms with Crippen molar-refractivity contribution < 1.29 is 0 Å². The van der Waals surface area contributed by atoms with Crippen molar-refractivity contribution >= 4 is 11.3 Å². The van der Waals surface area contributed by atoms with Crippen molar-refractivity contribution in [3.63, 3.8) is 0 Å². The van der Waals surface area contributed by atoms with Gasteiger partial charge in [0.15, 0.2) is 0 Å². The van der Waals surface area contributed by atoms with E-state index >= 15 is 0 Å². The van der Waals surface area contributed by atoms with Gasteiger partial charge in [-0.15, -0.1) is 11.3 Å². The van der Waals surface area contributed by atoms with E-state index in [0.29, 0.717) is 0 Å². The van der Waals surface area contributed by atoms with Crippen molar-refractivity contribution in [3.05, 3.63) is 23.3 Å². The molecule has 0 aromatic carbocycles. The number of aromatic nitrogens is 3. The van der Waals surface area contributed by atoms with Crippen LogP contribution < -0.4 is 5.32 Å². The first kappa shape index (κ1) is 12.3. The van der Waals surface area contributed by atoms with Crippen LogP contribution in [0.1, 0.15) is 26.0 Å². The third-order valence-electron chi connectivity index (χ3n) is 2.52. The number of nitrogens with zero attached hydrogens (tertiary/aromatic N) is 3. The largest absolute Gasteiger partial charge is 0.311 e. The second-order valence-corrected chi connectivity index (χ2v) is 4.71. The Labute approximate surface area is 106 Å². The summed E-state index contributed by atoms with van der Waals surface area (Å²) in [5.41, 5.74) is 2.22. The van der Waals surface area contributed by atoms with Gasteiger partial charge in [-0.25, -0.2) is 4.98 Å². The summed E-state index contributed by atoms with van der Waals surface area (Å²) in [6.07, 6.45) is 2.98. The van der Waals surface area contributed by atoms with E-state index in [2.05, 4.69) is 34.6 Å². The van der Waals surface area contributed by atoms with Gasteiger partial charge in [0.25, 0.3) is 0 Å². The van der Waals surface area contributed by atoms with Gasteiger partial charge in [-0.05, 0) is 26.0 Å². The average Bonchev–Trinajstić information content (AvgIpc) is 2.96. The molecule has 92 valence electrons. The van der Waals surface area contributed by atoms with Crippen LogP contribution in [0, 0.1) is 0 Å². The molecule has 2 heterocycles. The highest BCUT2D eigenvalue weighted by atomic mass is 32.1. The minimum absolute atomic E-state index is 0.852. The predicted octanol–water partition coefficient (Wildman–Crippen LogP) is 2.53. The molecule has 0 aliphatic heterocycles. The summed E-state index contributed by atoms with van der Waals surface area (Å²) < 4.78 is 1.97. The highest BCUT2D eigenvalue weighted by Gasteiger charge is 2.08. The van der Waals surface area contributed by atoms with Crippen molar-refractivity contribution in [1.29, 1.82) is 0 Å². The minimum atomic E-state index is 0.852. The summed E-state index contributed by atoms with van der Waals surface area (Å²) in [5.74, 6) is 0. The summed E-state index contributed by atoms with van der Waals surface area (Å²) in [7, 11) is 0. The van der Waals surface area contributed by atoms with Gasteiger partial charge in [0.1, 0.15) is 5.01 Å². The molecule has 0 atom stereocenters. The van der Waals surface area contributed by atoms with Crippen molar-refractivity contribution in [3.8, 4) is 10.7 Å². The first-order valence-electron chi connectivity index (χ1n) is 6.02. The Morgan fingerprint density at radius 3 is 3.06 bits per heavy atom. The van der Waals surface area contributed by atoms with Crippen LogP contribution in [0.25, 0.3) is 10.7 Å². The standard InChI is InChI=1S/C12H18N4S/c1-3-6-13-8-10-9-17-12(15-10)11-5-7-14-16(11)4-2/h5,7,9,13H,3-4,6,8H2,1-2H3. The molecule has 0 aliphatic rings. The SMILES string of the molecule is CCCNCc1csc(-c2ccnn2CC)n1. The lowest BCUT2D eigenvalue weighted by atomic mass is 10.4. The van der Waals surface area contributed by atoms with Gasteiger partial charge in [-0.2, -0.15) is 5.10 Å². The smallest absolute Gasteiger partial charge is 0.141 e. The maximum absolute atomic E-state index is 4.63. The Morgan fingerprint density at radius 2 is 2.29 bits per heavy atom. The van der Waals surface area contributed by atoms with E-state index < -0.39 is 0 Å². The van der Waals surface area contributed by atoms with Gasteiger partial charge >= 0.3 is 0 Å². The molecule has 0 fully saturated rings. The first-order valence-corrected chi connectivity index (χ1v) is 6.90. The molecular weight excluding hydrogens is 232 g/mol. The molecule has 17 heavy (non-hydrogen) atoms. The predicted molar refractivity (Wildman–Crippen MR) is 71.0 cm³/mol. The maximum Gasteiger partial charge on any atom is 0.141 e. The molecule has 0 radical (unpaired) electrons. The molecule has 0 aliphatic carbocycles. The molecule has 0 saturated carbocycles. The molecule has 5 heteroatoms. The zero-order valence-corrected chi connectivity index (χ0v) is 11.1. The number of nitrogens with one attached hydrogen (secondary N) is 1. The van der Waals surface area contributed by atoms with Crippen LogP contribution in [0.2, 0.25) is 0 Å². The Bertz CT molecular complexity index is 461. The summed E-state index contributed by atoms with van der Waals surface area (Å²) in [5, 5.41) is 10.8. The topological polar surface area (TPSA) is 42.7 Å². The van der Waals surface area contributed by atoms with Crippen LogP contribution in [0.15, 0.2) is 17.6 Å². The summed E-state index contributed by atoms with van der Waals surface area (Å²) >= 11 is 1.68. The van der Waals surface area contributed by atoms with Gasteiger partial charge < -0.3 is 5.32 Å². The molecular formula is C12H18N4S. The van der Waals surface area contributed by atoms with E-state index in [9.17, 15) is 0 Å². The average molecular weight is 250 g/mol. The van der Waals surface area contributed by atoms with Crippen LogP contribution in [-0.2, 0) is 13.1 Å². The normalized spacial score (nSPS) is 10.9. The quantitative estimate of drug-likeness (QED) is 0.801. The van der Waals surface area contributed by atoms with E-state index in [4.69, 9.17) is 0 Å². The second kappa shape index (κ2) is 5.93. The summed E-state index contributed by atoms with van der Waals surface area (Å²) in [6.45, 7) is 7.03. The van der Waals surface area contributed by atoms with Gasteiger partial charge in [0.05, 0.1) is 11.4 Å². The number of aryl methyl sites for hydroxylation is 1. The lowest BCUT2D eigenvalue weighted by Gasteiger charge is -2.00. The van der Waals surface area contributed by atoms with Crippen LogP contribution in [0.5, 0.6) is 0 Å². The van der Waals surface area contributed by atoms with E-state index in [1.165, 1.54) is 0 Å². The molecule has 1 N–H and O–H groups in total. The highest BCUT2D eigenvalue weighted by Crippen LogP contribution is 2.23. The van der Waals surface area contributed by atoms with Crippen LogP contribution in [-0.4, -0.2) is 21.3 Å². The fraction of sp³-hybridized carbons (Fsp3) is 0.500. The fourth-order valence-corrected chi connectivity index (χ4v) is 2.51. The van der Waals surface area contributed by atoms with E-state index in [0.717, 1.165) is 42.5 Å². The minimum Gasteiger partial charge on any atom is -0.311 e. The number of hydrogen-bond donors (Lipinski definition) is 1. The monoisotopic (exact) mass is 250 g/mol. The van der Waals surface area contributed by atoms with E-state index in [1.54, 1.807) is 11.3 Å². The third-order valence-corrected chi connectivity index (χ3v) is 3.43. The summed E-state index contributed by atoms with van der Waals surface area (Å²) in [6, 6.07) is 2.02. The fourth-order valence-electron chi connectivity index (χ4n) is 1.67. The van der Waals surface area contributed by atoms with E-state index in [1.807, 2.05) is 16.9 Å². The van der Waals surface area contributed by atoms with Gasteiger partial charge in [0.2, 0.25) is 0 Å². The number of rotatable bonds is 6. The summed E-state index contributed by atoms with van der Waals surface area (Å²) in [4.78, 5) is 4.63. The van der Waals surface area contributed by atoms with Crippen molar-refractivity contribution in [2.75, 3.05) is 6.54 Å². The van der Waals surface area contributed by atoms with Crippen LogP contribution in [0.3, 0.4) is 0 Å². The van der Waals surface area contributed by atoms with Crippen molar-refractivity contribution in [2.45, 2.75) is 33.4 Å². The Kier molecular flexibility index (Phi) is 4.28. The number of hydrogen-bond acceptors (Lipinski definition) is 4. The van der Waals surface area contributed by atoms with Crippen molar-refractivity contribution in [1.82, 2.24) is 20.1 Å².